The van der Waals surface area contributed by atoms with E-state index in [1.165, 1.54) is 0 Å². The third kappa shape index (κ3) is 2.84. The molecule has 0 aromatic heterocycles. The molecule has 2 nitrogen and oxygen atoms in total. The van der Waals surface area contributed by atoms with Crippen LogP contribution in [0.1, 0.15) is 5.56 Å². The second kappa shape index (κ2) is 5.14. The van der Waals surface area contributed by atoms with Gasteiger partial charge in [-0.1, -0.05) is 23.7 Å². The number of nitrogens with one attached hydrogen (secondary N) is 1. The van der Waals surface area contributed by atoms with Crippen molar-refractivity contribution in [3.05, 3.63) is 50.6 Å². The molecule has 0 radical (unpaired) electrons. The van der Waals surface area contributed by atoms with Crippen LogP contribution in [0.4, 0.5) is 17.1 Å². The summed E-state index contributed by atoms with van der Waals surface area (Å²) in [5, 5.41) is 3.93. The first-order chi connectivity index (χ1) is 8.08. The maximum absolute atomic E-state index is 6.02. The van der Waals surface area contributed by atoms with E-state index in [1.807, 2.05) is 37.3 Å². The largest absolute Gasteiger partial charge is 0.398 e. The second-order valence-electron chi connectivity index (χ2n) is 3.79. The highest BCUT2D eigenvalue weighted by molar-refractivity contribution is 14.1. The Hall–Kier alpha value is -0.940. The number of aryl methyl sites for hydroxylation is 1. The van der Waals surface area contributed by atoms with Crippen LogP contribution in [0.3, 0.4) is 0 Å². The Balaban J connectivity index is 2.37. The Morgan fingerprint density at radius 3 is 2.59 bits per heavy atom. The van der Waals surface area contributed by atoms with Crippen LogP contribution in [0.15, 0.2) is 36.4 Å². The average molecular weight is 359 g/mol. The second-order valence-corrected chi connectivity index (χ2v) is 5.36. The number of hydrogen-bond donors (Lipinski definition) is 2. The zero-order chi connectivity index (χ0) is 12.4. The van der Waals surface area contributed by atoms with Gasteiger partial charge in [0.15, 0.2) is 0 Å². The van der Waals surface area contributed by atoms with Crippen LogP contribution in [0, 0.1) is 10.5 Å². The van der Waals surface area contributed by atoms with E-state index in [0.29, 0.717) is 10.7 Å². The van der Waals surface area contributed by atoms with Gasteiger partial charge in [0, 0.05) is 9.26 Å². The molecule has 0 fully saturated rings. The molecule has 3 N–H and O–H groups in total. The van der Waals surface area contributed by atoms with Gasteiger partial charge in [0.05, 0.1) is 16.4 Å². The normalized spacial score (nSPS) is 10.3. The molecule has 0 heterocycles. The Morgan fingerprint density at radius 1 is 1.18 bits per heavy atom. The molecule has 0 aliphatic rings. The van der Waals surface area contributed by atoms with Crippen LogP contribution < -0.4 is 11.1 Å². The number of para-hydroxylation sites is 1. The van der Waals surface area contributed by atoms with E-state index < -0.39 is 0 Å². The van der Waals surface area contributed by atoms with Gasteiger partial charge in [0.2, 0.25) is 0 Å². The zero-order valence-electron chi connectivity index (χ0n) is 9.30. The molecule has 0 saturated heterocycles. The van der Waals surface area contributed by atoms with Gasteiger partial charge in [0.1, 0.15) is 0 Å². The van der Waals surface area contributed by atoms with Crippen molar-refractivity contribution in [2.45, 2.75) is 6.92 Å². The SMILES string of the molecule is Cc1cc(N)c(Cl)cc1Nc1ccccc1I. The molecule has 0 amide bonds. The number of nitrogens with two attached hydrogens (primary N) is 1. The third-order valence-corrected chi connectivity index (χ3v) is 3.75. The number of nitrogen functional groups attached to an aromatic ring is 1. The maximum atomic E-state index is 6.02. The molecule has 17 heavy (non-hydrogen) atoms. The van der Waals surface area contributed by atoms with Crippen molar-refractivity contribution in [3.8, 4) is 0 Å². The maximum Gasteiger partial charge on any atom is 0.0656 e. The van der Waals surface area contributed by atoms with E-state index in [2.05, 4.69) is 34.0 Å². The highest BCUT2D eigenvalue weighted by Gasteiger charge is 2.05. The van der Waals surface area contributed by atoms with Crippen molar-refractivity contribution in [2.75, 3.05) is 11.1 Å². The van der Waals surface area contributed by atoms with E-state index in [1.54, 1.807) is 0 Å². The quantitative estimate of drug-likeness (QED) is 0.609. The molecule has 2 aromatic rings. The van der Waals surface area contributed by atoms with Crippen LogP contribution in [-0.2, 0) is 0 Å². The molecule has 0 saturated carbocycles. The van der Waals surface area contributed by atoms with Crippen LogP contribution in [0.2, 0.25) is 5.02 Å². The lowest BCUT2D eigenvalue weighted by molar-refractivity contribution is 1.42. The summed E-state index contributed by atoms with van der Waals surface area (Å²) in [4.78, 5) is 0. The number of rotatable bonds is 2. The highest BCUT2D eigenvalue weighted by atomic mass is 127. The molecule has 0 atom stereocenters. The first kappa shape index (κ1) is 12.5. The fourth-order valence-corrected chi connectivity index (χ4v) is 2.23. The molecule has 0 aliphatic heterocycles. The van der Waals surface area contributed by atoms with Crippen LogP contribution in [-0.4, -0.2) is 0 Å². The van der Waals surface area contributed by atoms with E-state index in [9.17, 15) is 0 Å². The van der Waals surface area contributed by atoms with Gasteiger partial charge in [-0.3, -0.25) is 0 Å². The first-order valence-corrected chi connectivity index (χ1v) is 6.61. The molecule has 2 aromatic carbocycles. The fourth-order valence-electron chi connectivity index (χ4n) is 1.55. The molecule has 0 aliphatic carbocycles. The smallest absolute Gasteiger partial charge is 0.0656 e. The minimum absolute atomic E-state index is 0.573. The number of benzene rings is 2. The van der Waals surface area contributed by atoms with Crippen molar-refractivity contribution in [2.24, 2.45) is 0 Å². The van der Waals surface area contributed by atoms with Gasteiger partial charge in [0.25, 0.3) is 0 Å². The first-order valence-electron chi connectivity index (χ1n) is 5.15. The van der Waals surface area contributed by atoms with E-state index in [4.69, 9.17) is 17.3 Å². The molecule has 2 rings (SSSR count). The number of anilines is 3. The van der Waals surface area contributed by atoms with Crippen molar-refractivity contribution in [1.29, 1.82) is 0 Å². The molecular weight excluding hydrogens is 347 g/mol. The lowest BCUT2D eigenvalue weighted by Crippen LogP contribution is -1.97. The lowest BCUT2D eigenvalue weighted by Gasteiger charge is -2.12. The van der Waals surface area contributed by atoms with Gasteiger partial charge in [-0.05, 0) is 59.3 Å². The van der Waals surface area contributed by atoms with Crippen molar-refractivity contribution < 1.29 is 0 Å². The van der Waals surface area contributed by atoms with Crippen molar-refractivity contribution in [3.63, 3.8) is 0 Å². The predicted octanol–water partition coefficient (Wildman–Crippen LogP) is 4.58. The van der Waals surface area contributed by atoms with E-state index in [0.717, 1.165) is 20.5 Å². The summed E-state index contributed by atoms with van der Waals surface area (Å²) in [7, 11) is 0. The summed E-state index contributed by atoms with van der Waals surface area (Å²) in [6.45, 7) is 2.00. The monoisotopic (exact) mass is 358 g/mol. The van der Waals surface area contributed by atoms with Gasteiger partial charge in [-0.2, -0.15) is 0 Å². The van der Waals surface area contributed by atoms with E-state index in [-0.39, 0.29) is 0 Å². The fraction of sp³-hybridized carbons (Fsp3) is 0.0769. The van der Waals surface area contributed by atoms with Gasteiger partial charge in [-0.25, -0.2) is 0 Å². The van der Waals surface area contributed by atoms with Gasteiger partial charge >= 0.3 is 0 Å². The van der Waals surface area contributed by atoms with Gasteiger partial charge < -0.3 is 11.1 Å². The Kier molecular flexibility index (Phi) is 3.79. The molecule has 0 unspecified atom stereocenters. The van der Waals surface area contributed by atoms with Crippen LogP contribution in [0.25, 0.3) is 0 Å². The minimum atomic E-state index is 0.573. The van der Waals surface area contributed by atoms with Crippen molar-refractivity contribution >= 4 is 51.3 Å². The summed E-state index contributed by atoms with van der Waals surface area (Å²) in [5.74, 6) is 0. The van der Waals surface area contributed by atoms with E-state index >= 15 is 0 Å². The summed E-state index contributed by atoms with van der Waals surface area (Å²) in [5.41, 5.74) is 9.48. The highest BCUT2D eigenvalue weighted by Crippen LogP contribution is 2.30. The standard InChI is InChI=1S/C13H12ClIN2/c1-8-6-11(16)9(14)7-13(8)17-12-5-3-2-4-10(12)15/h2-7,17H,16H2,1H3. The molecule has 0 bridgehead atoms. The van der Waals surface area contributed by atoms with Crippen LogP contribution >= 0.6 is 34.2 Å². The molecular formula is C13H12ClIN2. The zero-order valence-corrected chi connectivity index (χ0v) is 12.2. The Morgan fingerprint density at radius 2 is 1.88 bits per heavy atom. The summed E-state index contributed by atoms with van der Waals surface area (Å²) in [6.07, 6.45) is 0. The summed E-state index contributed by atoms with van der Waals surface area (Å²) >= 11 is 8.32. The van der Waals surface area contributed by atoms with Crippen LogP contribution in [0.5, 0.6) is 0 Å². The third-order valence-electron chi connectivity index (χ3n) is 2.49. The Labute approximate surface area is 119 Å². The Bertz CT molecular complexity index is 555. The number of halogens is 2. The lowest BCUT2D eigenvalue weighted by atomic mass is 10.1. The predicted molar refractivity (Wildman–Crippen MR) is 83.0 cm³/mol. The topological polar surface area (TPSA) is 38.0 Å². The summed E-state index contributed by atoms with van der Waals surface area (Å²) < 4.78 is 1.16. The molecule has 88 valence electrons. The van der Waals surface area contributed by atoms with Crippen molar-refractivity contribution in [1.82, 2.24) is 0 Å². The average Bonchev–Trinajstić information content (AvgIpc) is 2.29. The summed E-state index contributed by atoms with van der Waals surface area (Å²) in [6, 6.07) is 11.8. The van der Waals surface area contributed by atoms with Gasteiger partial charge in [-0.15, -0.1) is 0 Å². The minimum Gasteiger partial charge on any atom is -0.398 e. The number of hydrogen-bond acceptors (Lipinski definition) is 2. The molecule has 0 spiro atoms. The molecule has 4 heteroatoms.